The molecule has 0 bridgehead atoms. The summed E-state index contributed by atoms with van der Waals surface area (Å²) in [5.74, 6) is -0.315. The van der Waals surface area contributed by atoms with Crippen LogP contribution >= 0.6 is 11.6 Å². The first kappa shape index (κ1) is 17.7. The van der Waals surface area contributed by atoms with Gasteiger partial charge in [0.15, 0.2) is 15.7 Å². The first-order chi connectivity index (χ1) is 12.3. The lowest BCUT2D eigenvalue weighted by molar-refractivity contribution is -0.144. The summed E-state index contributed by atoms with van der Waals surface area (Å²) in [6.07, 6.45) is 0.0378. The van der Waals surface area contributed by atoms with Gasteiger partial charge >= 0.3 is 0 Å². The Hall–Kier alpha value is -1.67. The second-order valence-electron chi connectivity index (χ2n) is 7.11. The summed E-state index contributed by atoms with van der Waals surface area (Å²) in [6.45, 7) is 0.930. The summed E-state index contributed by atoms with van der Waals surface area (Å²) in [7, 11) is -3.00. The number of amides is 1. The first-order valence-electron chi connectivity index (χ1n) is 8.50. The Labute approximate surface area is 155 Å². The number of rotatable bonds is 2. The van der Waals surface area contributed by atoms with Gasteiger partial charge in [-0.1, -0.05) is 22.8 Å². The number of carbonyl (C=O) groups excluding carboxylic acids is 1. The zero-order valence-electron chi connectivity index (χ0n) is 13.9. The minimum atomic E-state index is -3.00. The van der Waals surface area contributed by atoms with E-state index in [9.17, 15) is 17.6 Å². The Morgan fingerprint density at radius 3 is 2.88 bits per heavy atom. The van der Waals surface area contributed by atoms with Gasteiger partial charge in [-0.2, -0.15) is 0 Å². The van der Waals surface area contributed by atoms with Crippen LogP contribution in [0.3, 0.4) is 0 Å². The van der Waals surface area contributed by atoms with Crippen LogP contribution < -0.4 is 0 Å². The van der Waals surface area contributed by atoms with Gasteiger partial charge < -0.3 is 9.74 Å². The minimum absolute atomic E-state index is 0.00938. The van der Waals surface area contributed by atoms with Crippen LogP contribution in [0.15, 0.2) is 23.4 Å². The van der Waals surface area contributed by atoms with Crippen molar-refractivity contribution >= 4 is 33.1 Å². The van der Waals surface area contributed by atoms with Crippen molar-refractivity contribution in [3.63, 3.8) is 0 Å². The van der Waals surface area contributed by atoms with E-state index in [0.717, 1.165) is 0 Å². The number of likely N-dealkylation sites (tertiary alicyclic amines) is 1. The maximum absolute atomic E-state index is 14.1. The van der Waals surface area contributed by atoms with E-state index in [1.807, 2.05) is 0 Å². The lowest BCUT2D eigenvalue weighted by Gasteiger charge is -2.35. The number of nitrogens with zero attached hydrogens (tertiary/aromatic N) is 2. The van der Waals surface area contributed by atoms with Gasteiger partial charge in [0, 0.05) is 25.1 Å². The van der Waals surface area contributed by atoms with E-state index < -0.39 is 21.8 Å². The Morgan fingerprint density at radius 2 is 2.08 bits per heavy atom. The first-order valence-corrected chi connectivity index (χ1v) is 10.7. The summed E-state index contributed by atoms with van der Waals surface area (Å²) in [5, 5.41) is 3.86. The maximum Gasteiger partial charge on any atom is 0.266 e. The average Bonchev–Trinajstić information content (AvgIpc) is 3.18. The SMILES string of the molecule is O=C(C1CC(c2cccc(Cl)c2F)=NO1)N1CCC2CS(=O)(=O)CC2C1. The highest BCUT2D eigenvalue weighted by molar-refractivity contribution is 7.91. The van der Waals surface area contributed by atoms with Crippen molar-refractivity contribution < 1.29 is 22.4 Å². The summed E-state index contributed by atoms with van der Waals surface area (Å²) in [6, 6.07) is 4.61. The summed E-state index contributed by atoms with van der Waals surface area (Å²) < 4.78 is 37.7. The van der Waals surface area contributed by atoms with Crippen molar-refractivity contribution in [3.05, 3.63) is 34.6 Å². The molecule has 6 nitrogen and oxygen atoms in total. The molecule has 1 aromatic carbocycles. The van der Waals surface area contributed by atoms with E-state index in [2.05, 4.69) is 5.16 Å². The van der Waals surface area contributed by atoms with Gasteiger partial charge in [-0.15, -0.1) is 0 Å². The largest absolute Gasteiger partial charge is 0.382 e. The zero-order valence-corrected chi connectivity index (χ0v) is 15.5. The molecule has 0 saturated carbocycles. The molecule has 1 aromatic rings. The van der Waals surface area contributed by atoms with E-state index in [0.29, 0.717) is 25.2 Å². The Bertz CT molecular complexity index is 889. The number of sulfone groups is 1. The van der Waals surface area contributed by atoms with E-state index in [1.165, 1.54) is 6.07 Å². The van der Waals surface area contributed by atoms with Gasteiger partial charge in [0.2, 0.25) is 6.10 Å². The molecule has 9 heteroatoms. The molecule has 26 heavy (non-hydrogen) atoms. The molecule has 3 heterocycles. The highest BCUT2D eigenvalue weighted by Gasteiger charge is 2.43. The lowest BCUT2D eigenvalue weighted by atomic mass is 9.88. The van der Waals surface area contributed by atoms with Gasteiger partial charge in [-0.25, -0.2) is 12.8 Å². The van der Waals surface area contributed by atoms with Crippen LogP contribution in [0.2, 0.25) is 5.02 Å². The number of benzene rings is 1. The summed E-state index contributed by atoms with van der Waals surface area (Å²) >= 11 is 5.79. The number of piperidine rings is 1. The van der Waals surface area contributed by atoms with Crippen LogP contribution in [0, 0.1) is 17.7 Å². The zero-order chi connectivity index (χ0) is 18.5. The summed E-state index contributed by atoms with van der Waals surface area (Å²) in [5.41, 5.74) is 0.579. The summed E-state index contributed by atoms with van der Waals surface area (Å²) in [4.78, 5) is 19.6. The van der Waals surface area contributed by atoms with Gasteiger partial charge in [-0.05, 0) is 30.4 Å². The average molecular weight is 401 g/mol. The van der Waals surface area contributed by atoms with Crippen LogP contribution in [0.4, 0.5) is 4.39 Å². The molecule has 3 atom stereocenters. The number of carbonyl (C=O) groups is 1. The molecule has 3 aliphatic heterocycles. The van der Waals surface area contributed by atoms with E-state index in [4.69, 9.17) is 16.4 Å². The second kappa shape index (κ2) is 6.49. The molecule has 0 aliphatic carbocycles. The Kier molecular flexibility index (Phi) is 4.43. The fourth-order valence-electron chi connectivity index (χ4n) is 4.01. The fraction of sp³-hybridized carbons (Fsp3) is 0.529. The predicted molar refractivity (Wildman–Crippen MR) is 94.3 cm³/mol. The third-order valence-corrected chi connectivity index (χ3v) is 7.51. The molecule has 2 fully saturated rings. The normalized spacial score (nSPS) is 29.8. The quantitative estimate of drug-likeness (QED) is 0.759. The van der Waals surface area contributed by atoms with Crippen LogP contribution in [-0.2, 0) is 19.5 Å². The van der Waals surface area contributed by atoms with Crippen molar-refractivity contribution in [1.29, 1.82) is 0 Å². The number of hydrogen-bond donors (Lipinski definition) is 0. The highest BCUT2D eigenvalue weighted by atomic mass is 35.5. The monoisotopic (exact) mass is 400 g/mol. The standard InChI is InChI=1S/C17H18ClFN2O4S/c18-13-3-1-2-12(16(13)19)14-6-15(25-20-14)17(22)21-5-4-10-8-26(23,24)9-11(10)7-21/h1-3,10-11,15H,4-9H2. The van der Waals surface area contributed by atoms with Crippen molar-refractivity contribution in [2.24, 2.45) is 17.0 Å². The van der Waals surface area contributed by atoms with E-state index in [1.54, 1.807) is 17.0 Å². The molecule has 0 aromatic heterocycles. The van der Waals surface area contributed by atoms with Crippen LogP contribution in [0.25, 0.3) is 0 Å². The fourth-order valence-corrected chi connectivity index (χ4v) is 6.44. The molecule has 140 valence electrons. The van der Waals surface area contributed by atoms with Crippen molar-refractivity contribution in [3.8, 4) is 0 Å². The third-order valence-electron chi connectivity index (χ3n) is 5.35. The second-order valence-corrected chi connectivity index (χ2v) is 9.67. The number of hydrogen-bond acceptors (Lipinski definition) is 5. The van der Waals surface area contributed by atoms with Crippen molar-refractivity contribution in [2.75, 3.05) is 24.6 Å². The number of halogens is 2. The molecule has 4 rings (SSSR count). The molecular formula is C17H18ClFN2O4S. The highest BCUT2D eigenvalue weighted by Crippen LogP contribution is 2.33. The van der Waals surface area contributed by atoms with Crippen LogP contribution in [0.5, 0.6) is 0 Å². The molecule has 0 N–H and O–H groups in total. The van der Waals surface area contributed by atoms with E-state index >= 15 is 0 Å². The van der Waals surface area contributed by atoms with Gasteiger partial charge in [0.1, 0.15) is 0 Å². The molecule has 3 unspecified atom stereocenters. The number of oxime groups is 1. The molecule has 0 radical (unpaired) electrons. The number of fused-ring (bicyclic) bond motifs is 1. The van der Waals surface area contributed by atoms with Crippen LogP contribution in [-0.4, -0.2) is 55.6 Å². The third kappa shape index (κ3) is 3.20. The molecule has 1 amide bonds. The van der Waals surface area contributed by atoms with Crippen molar-refractivity contribution in [1.82, 2.24) is 4.90 Å². The Morgan fingerprint density at radius 1 is 1.31 bits per heavy atom. The maximum atomic E-state index is 14.1. The topological polar surface area (TPSA) is 76.0 Å². The van der Waals surface area contributed by atoms with Gasteiger partial charge in [0.05, 0.1) is 22.2 Å². The predicted octanol–water partition coefficient (Wildman–Crippen LogP) is 1.87. The smallest absolute Gasteiger partial charge is 0.266 e. The van der Waals surface area contributed by atoms with Gasteiger partial charge in [-0.3, -0.25) is 4.79 Å². The van der Waals surface area contributed by atoms with Gasteiger partial charge in [0.25, 0.3) is 5.91 Å². The minimum Gasteiger partial charge on any atom is -0.382 e. The Balaban J connectivity index is 1.42. The molecule has 2 saturated heterocycles. The lowest BCUT2D eigenvalue weighted by Crippen LogP contribution is -2.47. The van der Waals surface area contributed by atoms with E-state index in [-0.39, 0.29) is 46.3 Å². The molecule has 3 aliphatic rings. The van der Waals surface area contributed by atoms with Crippen LogP contribution in [0.1, 0.15) is 18.4 Å². The van der Waals surface area contributed by atoms with Crippen molar-refractivity contribution in [2.45, 2.75) is 18.9 Å². The molecule has 0 spiro atoms. The molecular weight excluding hydrogens is 383 g/mol.